The maximum Gasteiger partial charge on any atom is 0.323 e. The Morgan fingerprint density at radius 2 is 1.89 bits per heavy atom. The van der Waals surface area contributed by atoms with E-state index in [9.17, 15) is 4.79 Å². The van der Waals surface area contributed by atoms with Crippen LogP contribution >= 0.6 is 11.6 Å². The smallest absolute Gasteiger partial charge is 0.323 e. The van der Waals surface area contributed by atoms with E-state index in [4.69, 9.17) is 16.3 Å². The third kappa shape index (κ3) is 4.05. The summed E-state index contributed by atoms with van der Waals surface area (Å²) in [5.74, 6) is 0. The van der Waals surface area contributed by atoms with Crippen LogP contribution in [0, 0.1) is 0 Å². The van der Waals surface area contributed by atoms with Crippen molar-refractivity contribution >= 4 is 23.3 Å². The minimum absolute atomic E-state index is 0.253. The fourth-order valence-electron chi connectivity index (χ4n) is 1.65. The molecule has 0 unspecified atom stereocenters. The highest BCUT2D eigenvalue weighted by atomic mass is 35.5. The van der Waals surface area contributed by atoms with E-state index < -0.39 is 0 Å². The first-order chi connectivity index (χ1) is 8.74. The molecule has 0 aliphatic carbocycles. The second-order valence-corrected chi connectivity index (χ2v) is 4.46. The van der Waals surface area contributed by atoms with Gasteiger partial charge in [-0.15, -0.1) is 0 Å². The fraction of sp³-hybridized carbons (Fsp3) is 0.308. The summed E-state index contributed by atoms with van der Waals surface area (Å²) in [4.78, 5) is 11.6. The minimum Gasteiger partial charge on any atom is -0.381 e. The molecule has 2 rings (SSSR count). The summed E-state index contributed by atoms with van der Waals surface area (Å²) in [6.07, 6.45) is 3.51. The number of halogens is 1. The zero-order valence-corrected chi connectivity index (χ0v) is 10.7. The molecule has 96 valence electrons. The molecular weight excluding hydrogens is 252 g/mol. The van der Waals surface area contributed by atoms with E-state index in [-0.39, 0.29) is 6.03 Å². The lowest BCUT2D eigenvalue weighted by Gasteiger charge is -2.14. The Bertz CT molecular complexity index is 435. The van der Waals surface area contributed by atoms with Crippen molar-refractivity contribution in [3.63, 3.8) is 0 Å². The molecule has 2 N–H and O–H groups in total. The highest BCUT2D eigenvalue weighted by molar-refractivity contribution is 6.30. The van der Waals surface area contributed by atoms with Crippen molar-refractivity contribution in [3.05, 3.63) is 41.1 Å². The summed E-state index contributed by atoms with van der Waals surface area (Å²) >= 11 is 5.76. The van der Waals surface area contributed by atoms with E-state index in [0.717, 1.165) is 26.1 Å². The SMILES string of the molecule is O=C(NC=C1CCOCC1)Nc1ccc(Cl)cc1. The minimum atomic E-state index is -0.253. The third-order valence-electron chi connectivity index (χ3n) is 2.64. The highest BCUT2D eigenvalue weighted by Crippen LogP contribution is 2.14. The summed E-state index contributed by atoms with van der Waals surface area (Å²) in [7, 11) is 0. The molecule has 5 heteroatoms. The van der Waals surface area contributed by atoms with Crippen LogP contribution in [-0.4, -0.2) is 19.2 Å². The predicted octanol–water partition coefficient (Wildman–Crippen LogP) is 3.16. The van der Waals surface area contributed by atoms with Crippen LogP contribution in [0.2, 0.25) is 5.02 Å². The molecule has 1 aliphatic rings. The van der Waals surface area contributed by atoms with Crippen LogP contribution in [0.25, 0.3) is 0 Å². The first-order valence-electron chi connectivity index (χ1n) is 5.83. The first kappa shape index (κ1) is 12.9. The second-order valence-electron chi connectivity index (χ2n) is 4.02. The number of ether oxygens (including phenoxy) is 1. The monoisotopic (exact) mass is 266 g/mol. The largest absolute Gasteiger partial charge is 0.381 e. The van der Waals surface area contributed by atoms with Gasteiger partial charge < -0.3 is 15.4 Å². The fourth-order valence-corrected chi connectivity index (χ4v) is 1.77. The van der Waals surface area contributed by atoms with Gasteiger partial charge in [-0.3, -0.25) is 0 Å². The number of anilines is 1. The van der Waals surface area contributed by atoms with Gasteiger partial charge in [-0.1, -0.05) is 11.6 Å². The lowest BCUT2D eigenvalue weighted by atomic mass is 10.1. The number of rotatable bonds is 2. The van der Waals surface area contributed by atoms with Gasteiger partial charge in [-0.05, 0) is 42.7 Å². The average molecular weight is 267 g/mol. The van der Waals surface area contributed by atoms with Crippen molar-refractivity contribution < 1.29 is 9.53 Å². The summed E-state index contributed by atoms with van der Waals surface area (Å²) in [6.45, 7) is 1.46. The van der Waals surface area contributed by atoms with Gasteiger partial charge in [0.1, 0.15) is 0 Å². The summed E-state index contributed by atoms with van der Waals surface area (Å²) in [5, 5.41) is 6.08. The quantitative estimate of drug-likeness (QED) is 0.864. The summed E-state index contributed by atoms with van der Waals surface area (Å²) in [6, 6.07) is 6.71. The van der Waals surface area contributed by atoms with Crippen molar-refractivity contribution in [2.24, 2.45) is 0 Å². The topological polar surface area (TPSA) is 50.4 Å². The molecule has 0 aromatic heterocycles. The van der Waals surface area contributed by atoms with Gasteiger partial charge in [-0.2, -0.15) is 0 Å². The number of carbonyl (C=O) groups is 1. The molecule has 0 spiro atoms. The lowest BCUT2D eigenvalue weighted by Crippen LogP contribution is -2.25. The van der Waals surface area contributed by atoms with Crippen molar-refractivity contribution in [1.82, 2.24) is 5.32 Å². The van der Waals surface area contributed by atoms with Crippen LogP contribution in [-0.2, 0) is 4.74 Å². The molecule has 0 atom stereocenters. The number of nitrogens with one attached hydrogen (secondary N) is 2. The molecule has 2 amide bonds. The van der Waals surface area contributed by atoms with Crippen molar-refractivity contribution in [2.75, 3.05) is 18.5 Å². The Morgan fingerprint density at radius 3 is 2.56 bits per heavy atom. The van der Waals surface area contributed by atoms with Crippen LogP contribution < -0.4 is 10.6 Å². The molecule has 18 heavy (non-hydrogen) atoms. The third-order valence-corrected chi connectivity index (χ3v) is 2.90. The molecular formula is C13H15ClN2O2. The highest BCUT2D eigenvalue weighted by Gasteiger charge is 2.06. The van der Waals surface area contributed by atoms with E-state index in [1.54, 1.807) is 30.5 Å². The number of hydrogen-bond donors (Lipinski definition) is 2. The van der Waals surface area contributed by atoms with Crippen LogP contribution in [0.4, 0.5) is 10.5 Å². The van der Waals surface area contributed by atoms with E-state index in [1.165, 1.54) is 5.57 Å². The maximum atomic E-state index is 11.6. The molecule has 0 radical (unpaired) electrons. The molecule has 1 heterocycles. The van der Waals surface area contributed by atoms with Gasteiger partial charge in [0.05, 0.1) is 13.2 Å². The number of urea groups is 1. The summed E-state index contributed by atoms with van der Waals surface area (Å²) < 4.78 is 5.23. The number of benzene rings is 1. The van der Waals surface area contributed by atoms with Crippen LogP contribution in [0.5, 0.6) is 0 Å². The van der Waals surface area contributed by atoms with Crippen LogP contribution in [0.3, 0.4) is 0 Å². The first-order valence-corrected chi connectivity index (χ1v) is 6.20. The van der Waals surface area contributed by atoms with Crippen LogP contribution in [0.15, 0.2) is 36.0 Å². The lowest BCUT2D eigenvalue weighted by molar-refractivity contribution is 0.119. The Balaban J connectivity index is 1.83. The summed E-state index contributed by atoms with van der Waals surface area (Å²) in [5.41, 5.74) is 1.91. The van der Waals surface area contributed by atoms with Gasteiger partial charge in [0.15, 0.2) is 0 Å². The van der Waals surface area contributed by atoms with Crippen molar-refractivity contribution in [1.29, 1.82) is 0 Å². The Labute approximate surface area is 111 Å². The molecule has 1 saturated heterocycles. The second kappa shape index (κ2) is 6.42. The molecule has 4 nitrogen and oxygen atoms in total. The van der Waals surface area contributed by atoms with Gasteiger partial charge in [0.25, 0.3) is 0 Å². The molecule has 0 saturated carbocycles. The molecule has 1 aromatic rings. The van der Waals surface area contributed by atoms with Crippen molar-refractivity contribution in [3.8, 4) is 0 Å². The van der Waals surface area contributed by atoms with Crippen LogP contribution in [0.1, 0.15) is 12.8 Å². The Hall–Kier alpha value is -1.52. The van der Waals surface area contributed by atoms with E-state index in [2.05, 4.69) is 10.6 Å². The molecule has 1 aromatic carbocycles. The number of carbonyl (C=O) groups excluding carboxylic acids is 1. The van der Waals surface area contributed by atoms with E-state index >= 15 is 0 Å². The Morgan fingerprint density at radius 1 is 1.22 bits per heavy atom. The molecule has 1 fully saturated rings. The number of amides is 2. The average Bonchev–Trinajstić information content (AvgIpc) is 2.40. The molecule has 0 bridgehead atoms. The van der Waals surface area contributed by atoms with E-state index in [1.807, 2.05) is 0 Å². The Kier molecular flexibility index (Phi) is 4.61. The standard InChI is InChI=1S/C13H15ClN2O2/c14-11-1-3-12(4-2-11)16-13(17)15-9-10-5-7-18-8-6-10/h1-4,9H,5-8H2,(H2,15,16,17). The van der Waals surface area contributed by atoms with Gasteiger partial charge in [0.2, 0.25) is 0 Å². The zero-order valence-electron chi connectivity index (χ0n) is 9.91. The van der Waals surface area contributed by atoms with E-state index in [0.29, 0.717) is 10.7 Å². The van der Waals surface area contributed by atoms with Gasteiger partial charge >= 0.3 is 6.03 Å². The van der Waals surface area contributed by atoms with Gasteiger partial charge in [-0.25, -0.2) is 4.79 Å². The maximum absolute atomic E-state index is 11.6. The van der Waals surface area contributed by atoms with Crippen molar-refractivity contribution in [2.45, 2.75) is 12.8 Å². The zero-order chi connectivity index (χ0) is 12.8. The number of hydrogen-bond acceptors (Lipinski definition) is 2. The van der Waals surface area contributed by atoms with Gasteiger partial charge in [0, 0.05) is 16.9 Å². The molecule has 1 aliphatic heterocycles. The normalized spacial score (nSPS) is 15.1. The predicted molar refractivity (Wildman–Crippen MR) is 71.7 cm³/mol.